The molecule has 3 nitrogen and oxygen atoms in total. The average molecular weight is 228 g/mol. The number of halogens is 1. The van der Waals surface area contributed by atoms with Crippen LogP contribution in [0.2, 0.25) is 0 Å². The lowest BCUT2D eigenvalue weighted by atomic mass is 10.2. The molecule has 0 aliphatic rings. The maximum absolute atomic E-state index is 5.71. The number of aliphatic imine (C=N–C) groups is 1. The highest BCUT2D eigenvalue weighted by atomic mass is 79.9. The van der Waals surface area contributed by atoms with Crippen molar-refractivity contribution in [1.82, 2.24) is 0 Å². The summed E-state index contributed by atoms with van der Waals surface area (Å²) < 4.78 is 0.938. The first-order chi connectivity index (χ1) is 5.65. The van der Waals surface area contributed by atoms with E-state index in [1.54, 1.807) is 13.1 Å². The third-order valence-corrected chi connectivity index (χ3v) is 2.02. The summed E-state index contributed by atoms with van der Waals surface area (Å²) in [6.07, 6.45) is 0. The van der Waals surface area contributed by atoms with Gasteiger partial charge in [-0.1, -0.05) is 15.9 Å². The number of nitrogens with zero attached hydrogens (tertiary/aromatic N) is 1. The summed E-state index contributed by atoms with van der Waals surface area (Å²) in [7, 11) is 1.64. The lowest BCUT2D eigenvalue weighted by Crippen LogP contribution is -2.14. The van der Waals surface area contributed by atoms with E-state index in [1.165, 1.54) is 0 Å². The number of hydrogen-bond acceptors (Lipinski definition) is 2. The number of benzene rings is 1. The van der Waals surface area contributed by atoms with Crippen LogP contribution in [0, 0.1) is 0 Å². The highest BCUT2D eigenvalue weighted by Crippen LogP contribution is 2.17. The zero-order valence-electron chi connectivity index (χ0n) is 6.71. The van der Waals surface area contributed by atoms with Crippen molar-refractivity contribution in [1.29, 1.82) is 0 Å². The van der Waals surface area contributed by atoms with Gasteiger partial charge in [-0.25, -0.2) is 0 Å². The van der Waals surface area contributed by atoms with Gasteiger partial charge in [0.05, 0.1) is 0 Å². The molecule has 12 heavy (non-hydrogen) atoms. The summed E-state index contributed by atoms with van der Waals surface area (Å²) in [6, 6.07) is 5.51. The van der Waals surface area contributed by atoms with Crippen LogP contribution in [0.1, 0.15) is 5.56 Å². The number of hydrogen-bond donors (Lipinski definition) is 2. The summed E-state index contributed by atoms with van der Waals surface area (Å²) in [5.74, 6) is 0.458. The number of amidine groups is 1. The number of rotatable bonds is 1. The van der Waals surface area contributed by atoms with Crippen molar-refractivity contribution in [3.05, 3.63) is 28.2 Å². The normalized spacial score (nSPS) is 11.7. The molecule has 0 aromatic heterocycles. The maximum Gasteiger partial charge on any atom is 0.127 e. The molecule has 4 heteroatoms. The lowest BCUT2D eigenvalue weighted by Gasteiger charge is -2.03. The fourth-order valence-corrected chi connectivity index (χ4v) is 1.27. The van der Waals surface area contributed by atoms with E-state index >= 15 is 0 Å². The maximum atomic E-state index is 5.71. The monoisotopic (exact) mass is 227 g/mol. The summed E-state index contributed by atoms with van der Waals surface area (Å²) in [4.78, 5) is 3.85. The summed E-state index contributed by atoms with van der Waals surface area (Å²) in [5.41, 5.74) is 12.7. The molecule has 0 unspecified atom stereocenters. The molecule has 0 amide bonds. The van der Waals surface area contributed by atoms with Crippen molar-refractivity contribution in [2.75, 3.05) is 12.8 Å². The van der Waals surface area contributed by atoms with E-state index in [4.69, 9.17) is 11.5 Å². The van der Waals surface area contributed by atoms with Crippen LogP contribution < -0.4 is 11.5 Å². The van der Waals surface area contributed by atoms with Crippen molar-refractivity contribution in [3.63, 3.8) is 0 Å². The minimum atomic E-state index is 0.458. The second-order valence-corrected chi connectivity index (χ2v) is 3.26. The van der Waals surface area contributed by atoms with Gasteiger partial charge < -0.3 is 11.5 Å². The molecule has 4 N–H and O–H groups in total. The van der Waals surface area contributed by atoms with Gasteiger partial charge in [-0.2, -0.15) is 0 Å². The SMILES string of the molecule is CN=C(N)c1ccc(Br)cc1N. The van der Waals surface area contributed by atoms with Crippen LogP contribution in [-0.2, 0) is 0 Å². The topological polar surface area (TPSA) is 64.4 Å². The summed E-state index contributed by atoms with van der Waals surface area (Å²) >= 11 is 3.31. The Bertz CT molecular complexity index is 320. The first kappa shape index (κ1) is 9.06. The molecule has 1 rings (SSSR count). The standard InChI is InChI=1S/C8H10BrN3/c1-12-8(11)6-3-2-5(9)4-7(6)10/h2-4H,10H2,1H3,(H2,11,12). The van der Waals surface area contributed by atoms with E-state index in [0.717, 1.165) is 10.0 Å². The highest BCUT2D eigenvalue weighted by molar-refractivity contribution is 9.10. The molecule has 64 valence electrons. The molecule has 0 aliphatic carbocycles. The fraction of sp³-hybridized carbons (Fsp3) is 0.125. The van der Waals surface area contributed by atoms with E-state index in [2.05, 4.69) is 20.9 Å². The molecule has 0 heterocycles. The van der Waals surface area contributed by atoms with Gasteiger partial charge in [-0.05, 0) is 18.2 Å². The number of anilines is 1. The minimum Gasteiger partial charge on any atom is -0.398 e. The molecule has 0 spiro atoms. The van der Waals surface area contributed by atoms with Crippen LogP contribution in [0.25, 0.3) is 0 Å². The van der Waals surface area contributed by atoms with Gasteiger partial charge in [-0.15, -0.1) is 0 Å². The van der Waals surface area contributed by atoms with Crippen molar-refractivity contribution in [3.8, 4) is 0 Å². The summed E-state index contributed by atoms with van der Waals surface area (Å²) in [5, 5.41) is 0. The van der Waals surface area contributed by atoms with Crippen molar-refractivity contribution in [2.45, 2.75) is 0 Å². The molecule has 0 bridgehead atoms. The third kappa shape index (κ3) is 1.76. The van der Waals surface area contributed by atoms with Gasteiger partial charge in [0.1, 0.15) is 5.84 Å². The number of nitrogen functional groups attached to an aromatic ring is 1. The Kier molecular flexibility index (Phi) is 2.70. The second-order valence-electron chi connectivity index (χ2n) is 2.34. The Balaban J connectivity index is 3.18. The van der Waals surface area contributed by atoms with Crippen LogP contribution >= 0.6 is 15.9 Å². The van der Waals surface area contributed by atoms with Crippen LogP contribution in [0.15, 0.2) is 27.7 Å². The van der Waals surface area contributed by atoms with Crippen molar-refractivity contribution < 1.29 is 0 Å². The molecule has 0 atom stereocenters. The Hall–Kier alpha value is -1.03. The molecule has 1 aromatic rings. The zero-order chi connectivity index (χ0) is 9.14. The van der Waals surface area contributed by atoms with E-state index in [0.29, 0.717) is 11.5 Å². The van der Waals surface area contributed by atoms with Crippen molar-refractivity contribution in [2.24, 2.45) is 10.7 Å². The smallest absolute Gasteiger partial charge is 0.127 e. The van der Waals surface area contributed by atoms with Gasteiger partial charge in [0.25, 0.3) is 0 Å². The van der Waals surface area contributed by atoms with Crippen LogP contribution in [0.3, 0.4) is 0 Å². The summed E-state index contributed by atoms with van der Waals surface area (Å²) in [6.45, 7) is 0. The van der Waals surface area contributed by atoms with E-state index in [9.17, 15) is 0 Å². The predicted molar refractivity (Wildman–Crippen MR) is 55.2 cm³/mol. The third-order valence-electron chi connectivity index (χ3n) is 1.53. The average Bonchev–Trinajstić information content (AvgIpc) is 2.03. The van der Waals surface area contributed by atoms with Crippen LogP contribution in [0.5, 0.6) is 0 Å². The number of nitrogens with two attached hydrogens (primary N) is 2. The molecular formula is C8H10BrN3. The van der Waals surface area contributed by atoms with Crippen LogP contribution in [0.4, 0.5) is 5.69 Å². The first-order valence-electron chi connectivity index (χ1n) is 3.43. The van der Waals surface area contributed by atoms with Gasteiger partial charge in [-0.3, -0.25) is 4.99 Å². The lowest BCUT2D eigenvalue weighted by molar-refractivity contribution is 1.39. The minimum absolute atomic E-state index is 0.458. The first-order valence-corrected chi connectivity index (χ1v) is 4.22. The Morgan fingerprint density at radius 2 is 2.17 bits per heavy atom. The molecule has 0 saturated heterocycles. The molecule has 0 radical (unpaired) electrons. The fourth-order valence-electron chi connectivity index (χ4n) is 0.887. The second kappa shape index (κ2) is 3.58. The van der Waals surface area contributed by atoms with Crippen LogP contribution in [-0.4, -0.2) is 12.9 Å². The van der Waals surface area contributed by atoms with E-state index < -0.39 is 0 Å². The zero-order valence-corrected chi connectivity index (χ0v) is 8.30. The molecule has 0 aliphatic heterocycles. The Morgan fingerprint density at radius 3 is 2.67 bits per heavy atom. The van der Waals surface area contributed by atoms with Gasteiger partial charge in [0.2, 0.25) is 0 Å². The molecule has 0 saturated carbocycles. The van der Waals surface area contributed by atoms with Gasteiger partial charge >= 0.3 is 0 Å². The van der Waals surface area contributed by atoms with E-state index in [1.807, 2.05) is 12.1 Å². The largest absolute Gasteiger partial charge is 0.398 e. The highest BCUT2D eigenvalue weighted by Gasteiger charge is 2.02. The quantitative estimate of drug-likeness (QED) is 0.433. The molecule has 0 fully saturated rings. The van der Waals surface area contributed by atoms with Gasteiger partial charge in [0.15, 0.2) is 0 Å². The van der Waals surface area contributed by atoms with Crippen molar-refractivity contribution >= 4 is 27.5 Å². The van der Waals surface area contributed by atoms with Gasteiger partial charge in [0, 0.05) is 22.8 Å². The predicted octanol–water partition coefficient (Wildman–Crippen LogP) is 1.37. The van der Waals surface area contributed by atoms with E-state index in [-0.39, 0.29) is 0 Å². The molecular weight excluding hydrogens is 218 g/mol. The molecule has 1 aromatic carbocycles. The Morgan fingerprint density at radius 1 is 1.50 bits per heavy atom. The Labute approximate surface area is 79.6 Å².